The van der Waals surface area contributed by atoms with Crippen molar-refractivity contribution in [1.29, 1.82) is 0 Å². The zero-order valence-electron chi connectivity index (χ0n) is 16.2. The number of rotatable bonds is 3. The molecule has 1 aliphatic carbocycles. The van der Waals surface area contributed by atoms with Gasteiger partial charge in [0, 0.05) is 29.5 Å². The minimum atomic E-state index is -0.500. The van der Waals surface area contributed by atoms with E-state index in [0.717, 1.165) is 31.5 Å². The lowest BCUT2D eigenvalue weighted by molar-refractivity contribution is -0.0420. The van der Waals surface area contributed by atoms with Crippen molar-refractivity contribution >= 4 is 5.91 Å². The van der Waals surface area contributed by atoms with E-state index in [1.807, 2.05) is 36.4 Å². The van der Waals surface area contributed by atoms with Crippen LogP contribution in [0.3, 0.4) is 0 Å². The standard InChI is InChI=1S/C23H28N2O3/c1-25-11-10-23(17-8-5-9-19(26)12-17)14-18(13-21(27)20(23)15-25)24-22(28)16-6-3-2-4-7-16/h2-9,12,18,20-21,26-27H,10-11,13-15H2,1H3,(H,24,28)/t18-,20+,21?,23+/m1/s1. The molecule has 1 heterocycles. The quantitative estimate of drug-likeness (QED) is 0.765. The number of hydrogen-bond donors (Lipinski definition) is 3. The van der Waals surface area contributed by atoms with Gasteiger partial charge in [-0.3, -0.25) is 4.79 Å². The van der Waals surface area contributed by atoms with Crippen molar-refractivity contribution in [3.05, 3.63) is 65.7 Å². The smallest absolute Gasteiger partial charge is 0.251 e. The first-order chi connectivity index (χ1) is 13.5. The lowest BCUT2D eigenvalue weighted by Gasteiger charge is -2.54. The van der Waals surface area contributed by atoms with E-state index in [0.29, 0.717) is 12.0 Å². The van der Waals surface area contributed by atoms with Crippen molar-refractivity contribution in [1.82, 2.24) is 10.2 Å². The van der Waals surface area contributed by atoms with E-state index >= 15 is 0 Å². The first-order valence-electron chi connectivity index (χ1n) is 10.00. The molecule has 4 atom stereocenters. The summed E-state index contributed by atoms with van der Waals surface area (Å²) in [6.07, 6.45) is 1.72. The summed E-state index contributed by atoms with van der Waals surface area (Å²) in [4.78, 5) is 14.9. The third kappa shape index (κ3) is 3.52. The van der Waals surface area contributed by atoms with Crippen molar-refractivity contribution in [3.8, 4) is 5.75 Å². The lowest BCUT2D eigenvalue weighted by Crippen LogP contribution is -2.60. The zero-order chi connectivity index (χ0) is 19.7. The van der Waals surface area contributed by atoms with Gasteiger partial charge in [0.25, 0.3) is 5.91 Å². The van der Waals surface area contributed by atoms with E-state index in [1.165, 1.54) is 0 Å². The molecular formula is C23H28N2O3. The van der Waals surface area contributed by atoms with Crippen LogP contribution in [0.15, 0.2) is 54.6 Å². The van der Waals surface area contributed by atoms with Crippen molar-refractivity contribution in [2.24, 2.45) is 5.92 Å². The van der Waals surface area contributed by atoms with E-state index in [9.17, 15) is 15.0 Å². The van der Waals surface area contributed by atoms with Crippen LogP contribution < -0.4 is 5.32 Å². The number of amides is 1. The molecule has 2 fully saturated rings. The van der Waals surface area contributed by atoms with Gasteiger partial charge in [0.05, 0.1) is 6.10 Å². The van der Waals surface area contributed by atoms with E-state index < -0.39 is 6.10 Å². The maximum absolute atomic E-state index is 12.7. The number of phenolic OH excluding ortho intramolecular Hbond substituents is 1. The van der Waals surface area contributed by atoms with E-state index in [4.69, 9.17) is 0 Å². The molecule has 2 aromatic rings. The number of nitrogens with one attached hydrogen (secondary N) is 1. The Kier molecular flexibility index (Phi) is 5.13. The average Bonchev–Trinajstić information content (AvgIpc) is 2.69. The summed E-state index contributed by atoms with van der Waals surface area (Å²) in [5, 5.41) is 24.2. The van der Waals surface area contributed by atoms with Crippen LogP contribution >= 0.6 is 0 Å². The minimum Gasteiger partial charge on any atom is -0.508 e. The topological polar surface area (TPSA) is 72.8 Å². The highest BCUT2D eigenvalue weighted by atomic mass is 16.3. The molecule has 5 nitrogen and oxygen atoms in total. The second kappa shape index (κ2) is 7.57. The number of aliphatic hydroxyl groups is 1. The highest BCUT2D eigenvalue weighted by molar-refractivity contribution is 5.94. The maximum Gasteiger partial charge on any atom is 0.251 e. The average molecular weight is 380 g/mol. The Morgan fingerprint density at radius 2 is 1.96 bits per heavy atom. The molecule has 28 heavy (non-hydrogen) atoms. The summed E-state index contributed by atoms with van der Waals surface area (Å²) in [5.41, 5.74) is 1.44. The number of fused-ring (bicyclic) bond motifs is 1. The Bertz CT molecular complexity index is 841. The molecule has 0 aromatic heterocycles. The van der Waals surface area contributed by atoms with Gasteiger partial charge >= 0.3 is 0 Å². The summed E-state index contributed by atoms with van der Waals surface area (Å²) in [6.45, 7) is 1.74. The number of aromatic hydroxyl groups is 1. The predicted octanol–water partition coefficient (Wildman–Crippen LogP) is 2.54. The van der Waals surface area contributed by atoms with Crippen molar-refractivity contribution in [2.75, 3.05) is 20.1 Å². The summed E-state index contributed by atoms with van der Waals surface area (Å²) >= 11 is 0. The van der Waals surface area contributed by atoms with Gasteiger partial charge in [0.15, 0.2) is 0 Å². The molecular weight excluding hydrogens is 352 g/mol. The number of aliphatic hydroxyl groups excluding tert-OH is 1. The number of benzene rings is 2. The highest BCUT2D eigenvalue weighted by Gasteiger charge is 2.51. The number of hydrogen-bond acceptors (Lipinski definition) is 4. The molecule has 0 spiro atoms. The zero-order valence-corrected chi connectivity index (χ0v) is 16.2. The van der Waals surface area contributed by atoms with Crippen LogP contribution in [0.5, 0.6) is 5.75 Å². The van der Waals surface area contributed by atoms with Crippen molar-refractivity contribution in [3.63, 3.8) is 0 Å². The Labute approximate surface area is 166 Å². The first-order valence-corrected chi connectivity index (χ1v) is 10.00. The molecule has 0 bridgehead atoms. The molecule has 3 N–H and O–H groups in total. The summed E-state index contributed by atoms with van der Waals surface area (Å²) in [7, 11) is 2.09. The Hall–Kier alpha value is -2.37. The number of phenols is 1. The second-order valence-corrected chi connectivity index (χ2v) is 8.37. The van der Waals surface area contributed by atoms with E-state index in [1.54, 1.807) is 18.2 Å². The Balaban J connectivity index is 1.64. The van der Waals surface area contributed by atoms with Crippen LogP contribution in [0.1, 0.15) is 35.2 Å². The van der Waals surface area contributed by atoms with Gasteiger partial charge in [-0.2, -0.15) is 0 Å². The van der Waals surface area contributed by atoms with Gasteiger partial charge in [-0.15, -0.1) is 0 Å². The molecule has 2 aromatic carbocycles. The molecule has 0 radical (unpaired) electrons. The third-order valence-corrected chi connectivity index (χ3v) is 6.55. The molecule has 2 aliphatic rings. The van der Waals surface area contributed by atoms with Crippen molar-refractivity contribution < 1.29 is 15.0 Å². The van der Waals surface area contributed by atoms with Gasteiger partial charge in [-0.25, -0.2) is 0 Å². The van der Waals surface area contributed by atoms with Gasteiger partial charge < -0.3 is 20.4 Å². The molecule has 1 unspecified atom stereocenters. The fourth-order valence-electron chi connectivity index (χ4n) is 5.16. The fourth-order valence-corrected chi connectivity index (χ4v) is 5.16. The number of likely N-dealkylation sites (tertiary alicyclic amines) is 1. The SMILES string of the molecule is CN1CC[C@@]2(c3cccc(O)c3)C[C@H](NC(=O)c3ccccc3)CC(O)[C@@H]2C1. The number of nitrogens with zero attached hydrogens (tertiary/aromatic N) is 1. The van der Waals surface area contributed by atoms with Crippen LogP contribution in [0.2, 0.25) is 0 Å². The summed E-state index contributed by atoms with van der Waals surface area (Å²) < 4.78 is 0. The molecule has 1 amide bonds. The third-order valence-electron chi connectivity index (χ3n) is 6.55. The van der Waals surface area contributed by atoms with Crippen LogP contribution in [0.25, 0.3) is 0 Å². The predicted molar refractivity (Wildman–Crippen MR) is 108 cm³/mol. The van der Waals surface area contributed by atoms with Crippen LogP contribution in [0.4, 0.5) is 0 Å². The Morgan fingerprint density at radius 1 is 1.18 bits per heavy atom. The largest absolute Gasteiger partial charge is 0.508 e. The second-order valence-electron chi connectivity index (χ2n) is 8.37. The van der Waals surface area contributed by atoms with Gasteiger partial charge in [-0.1, -0.05) is 30.3 Å². The maximum atomic E-state index is 12.7. The monoisotopic (exact) mass is 380 g/mol. The van der Waals surface area contributed by atoms with Crippen molar-refractivity contribution in [2.45, 2.75) is 36.8 Å². The molecule has 1 aliphatic heterocycles. The molecule has 1 saturated carbocycles. The van der Waals surface area contributed by atoms with Crippen LogP contribution in [0, 0.1) is 5.92 Å². The molecule has 148 valence electrons. The summed E-state index contributed by atoms with van der Waals surface area (Å²) in [6, 6.07) is 16.5. The number of piperidine rings is 1. The van der Waals surface area contributed by atoms with Gasteiger partial charge in [-0.05, 0) is 62.7 Å². The molecule has 5 heteroatoms. The Morgan fingerprint density at radius 3 is 2.71 bits per heavy atom. The fraction of sp³-hybridized carbons (Fsp3) is 0.435. The number of carbonyl (C=O) groups is 1. The lowest BCUT2D eigenvalue weighted by atomic mass is 9.57. The van der Waals surface area contributed by atoms with Gasteiger partial charge in [0.1, 0.15) is 5.75 Å². The molecule has 1 saturated heterocycles. The van der Waals surface area contributed by atoms with E-state index in [-0.39, 0.29) is 29.0 Å². The van der Waals surface area contributed by atoms with E-state index in [2.05, 4.69) is 17.3 Å². The summed E-state index contributed by atoms with van der Waals surface area (Å²) in [5.74, 6) is 0.225. The first kappa shape index (κ1) is 19.0. The number of carbonyl (C=O) groups excluding carboxylic acids is 1. The van der Waals surface area contributed by atoms with Crippen LogP contribution in [-0.2, 0) is 5.41 Å². The van der Waals surface area contributed by atoms with Crippen LogP contribution in [-0.4, -0.2) is 53.3 Å². The molecule has 4 rings (SSSR count). The normalized spacial score (nSPS) is 30.4. The highest BCUT2D eigenvalue weighted by Crippen LogP contribution is 2.49. The van der Waals surface area contributed by atoms with Gasteiger partial charge in [0.2, 0.25) is 0 Å². The minimum absolute atomic E-state index is 0.0814.